The maximum atomic E-state index is 13.2. The van der Waals surface area contributed by atoms with Gasteiger partial charge < -0.3 is 19.5 Å². The fourth-order valence-corrected chi connectivity index (χ4v) is 4.96. The van der Waals surface area contributed by atoms with Crippen molar-refractivity contribution in [2.24, 2.45) is 0 Å². The summed E-state index contributed by atoms with van der Waals surface area (Å²) in [5.41, 5.74) is 1.19. The van der Waals surface area contributed by atoms with Gasteiger partial charge in [-0.3, -0.25) is 4.90 Å². The minimum absolute atomic E-state index is 0.154. The summed E-state index contributed by atoms with van der Waals surface area (Å²) in [6.07, 6.45) is -0.585. The molecule has 2 aliphatic heterocycles. The lowest BCUT2D eigenvalue weighted by molar-refractivity contribution is -0.137. The first kappa shape index (κ1) is 24.8. The highest BCUT2D eigenvalue weighted by Crippen LogP contribution is 2.31. The Morgan fingerprint density at radius 3 is 2.53 bits per heavy atom. The monoisotopic (exact) mass is 503 g/mol. The van der Waals surface area contributed by atoms with Gasteiger partial charge in [0.05, 0.1) is 25.1 Å². The molecule has 0 aliphatic carbocycles. The summed E-state index contributed by atoms with van der Waals surface area (Å²) in [5, 5.41) is 3.23. The Balaban J connectivity index is 1.38. The van der Waals surface area contributed by atoms with Gasteiger partial charge in [-0.05, 0) is 44.4 Å². The van der Waals surface area contributed by atoms with Crippen molar-refractivity contribution in [1.82, 2.24) is 24.4 Å². The maximum absolute atomic E-state index is 13.2. The average molecular weight is 504 g/mol. The normalized spacial score (nSPS) is 18.3. The molecule has 4 heterocycles. The first-order valence-corrected chi connectivity index (χ1v) is 12.5. The predicted molar refractivity (Wildman–Crippen MR) is 132 cm³/mol. The number of morpholine rings is 1. The van der Waals surface area contributed by atoms with E-state index in [-0.39, 0.29) is 12.6 Å². The Labute approximate surface area is 208 Å². The van der Waals surface area contributed by atoms with Crippen LogP contribution in [0.2, 0.25) is 0 Å². The molecule has 2 saturated heterocycles. The number of benzene rings is 1. The highest BCUT2D eigenvalue weighted by atomic mass is 19.4. The number of ether oxygens (including phenoxy) is 1. The molecule has 1 aromatic carbocycles. The SMILES string of the molecule is CC(C)n1cnc2c(NCc3cccc(C(F)(F)F)c3)nc(N3CCC(N4CCOCC4)CC3)nc21. The zero-order valence-electron chi connectivity index (χ0n) is 20.6. The largest absolute Gasteiger partial charge is 0.416 e. The average Bonchev–Trinajstić information content (AvgIpc) is 3.32. The molecular weight excluding hydrogens is 471 g/mol. The molecule has 1 N–H and O–H groups in total. The zero-order chi connectivity index (χ0) is 25.3. The standard InChI is InChI=1S/C25H32F3N7O/c1-17(2)35-16-30-21-22(29-15-18-4-3-5-19(14-18)25(26,27)28)31-24(32-23(21)35)34-8-6-20(7-9-34)33-10-12-36-13-11-33/h3-5,14,16-17,20H,6-13,15H2,1-2H3,(H,29,31,32). The summed E-state index contributed by atoms with van der Waals surface area (Å²) in [7, 11) is 0. The van der Waals surface area contributed by atoms with Crippen LogP contribution in [-0.2, 0) is 17.5 Å². The number of halogens is 3. The number of imidazole rings is 1. The molecule has 0 bridgehead atoms. The van der Waals surface area contributed by atoms with Crippen LogP contribution in [0.5, 0.6) is 0 Å². The van der Waals surface area contributed by atoms with Crippen LogP contribution in [0.3, 0.4) is 0 Å². The molecule has 5 rings (SSSR count). The van der Waals surface area contributed by atoms with Crippen molar-refractivity contribution in [3.05, 3.63) is 41.7 Å². The van der Waals surface area contributed by atoms with E-state index in [0.29, 0.717) is 28.9 Å². The van der Waals surface area contributed by atoms with E-state index in [9.17, 15) is 13.2 Å². The lowest BCUT2D eigenvalue weighted by Crippen LogP contribution is -2.49. The fourth-order valence-electron chi connectivity index (χ4n) is 4.96. The van der Waals surface area contributed by atoms with Crippen molar-refractivity contribution < 1.29 is 17.9 Å². The van der Waals surface area contributed by atoms with E-state index in [1.807, 2.05) is 4.57 Å². The number of alkyl halides is 3. The highest BCUT2D eigenvalue weighted by Gasteiger charge is 2.30. The third-order valence-corrected chi connectivity index (χ3v) is 6.99. The lowest BCUT2D eigenvalue weighted by Gasteiger charge is -2.40. The molecule has 3 aromatic rings. The van der Waals surface area contributed by atoms with E-state index in [4.69, 9.17) is 14.7 Å². The zero-order valence-corrected chi connectivity index (χ0v) is 20.6. The second kappa shape index (κ2) is 10.2. The molecule has 2 fully saturated rings. The Kier molecular flexibility index (Phi) is 7.03. The molecule has 0 spiro atoms. The van der Waals surface area contributed by atoms with E-state index in [0.717, 1.165) is 70.0 Å². The number of anilines is 2. The molecule has 0 saturated carbocycles. The van der Waals surface area contributed by atoms with E-state index in [1.54, 1.807) is 12.4 Å². The summed E-state index contributed by atoms with van der Waals surface area (Å²) in [4.78, 5) is 18.9. The van der Waals surface area contributed by atoms with Gasteiger partial charge in [-0.25, -0.2) is 4.98 Å². The third-order valence-electron chi connectivity index (χ3n) is 6.99. The smallest absolute Gasteiger partial charge is 0.379 e. The van der Waals surface area contributed by atoms with Crippen LogP contribution < -0.4 is 10.2 Å². The number of hydrogen-bond acceptors (Lipinski definition) is 7. The summed E-state index contributed by atoms with van der Waals surface area (Å²) in [6.45, 7) is 9.55. The number of rotatable bonds is 6. The van der Waals surface area contributed by atoms with Gasteiger partial charge >= 0.3 is 6.18 Å². The summed E-state index contributed by atoms with van der Waals surface area (Å²) < 4.78 is 47.0. The molecule has 2 aliphatic rings. The van der Waals surface area contributed by atoms with Gasteiger partial charge in [-0.15, -0.1) is 0 Å². The van der Waals surface area contributed by atoms with Crippen LogP contribution in [0, 0.1) is 0 Å². The number of nitrogens with zero attached hydrogens (tertiary/aromatic N) is 6. The minimum atomic E-state index is -4.38. The number of piperidine rings is 1. The molecule has 36 heavy (non-hydrogen) atoms. The highest BCUT2D eigenvalue weighted by molar-refractivity contribution is 5.84. The fraction of sp³-hybridized carbons (Fsp3) is 0.560. The van der Waals surface area contributed by atoms with Crippen LogP contribution in [0.15, 0.2) is 30.6 Å². The predicted octanol–water partition coefficient (Wildman–Crippen LogP) is 4.34. The van der Waals surface area contributed by atoms with Crippen molar-refractivity contribution in [2.75, 3.05) is 49.6 Å². The van der Waals surface area contributed by atoms with Gasteiger partial charge in [0.15, 0.2) is 17.0 Å². The van der Waals surface area contributed by atoms with Gasteiger partial charge in [0.1, 0.15) is 0 Å². The summed E-state index contributed by atoms with van der Waals surface area (Å²) >= 11 is 0. The second-order valence-corrected chi connectivity index (χ2v) is 9.71. The molecule has 194 valence electrons. The maximum Gasteiger partial charge on any atom is 0.416 e. The Morgan fingerprint density at radius 2 is 1.83 bits per heavy atom. The van der Waals surface area contributed by atoms with Gasteiger partial charge in [0, 0.05) is 44.8 Å². The molecule has 0 unspecified atom stereocenters. The second-order valence-electron chi connectivity index (χ2n) is 9.71. The minimum Gasteiger partial charge on any atom is -0.379 e. The van der Waals surface area contributed by atoms with Crippen molar-refractivity contribution in [2.45, 2.75) is 51.5 Å². The molecule has 11 heteroatoms. The van der Waals surface area contributed by atoms with Gasteiger partial charge in [0.2, 0.25) is 5.95 Å². The summed E-state index contributed by atoms with van der Waals surface area (Å²) in [5.74, 6) is 1.15. The molecule has 0 amide bonds. The number of aromatic nitrogens is 4. The molecular formula is C25H32F3N7O. The van der Waals surface area contributed by atoms with Crippen molar-refractivity contribution in [3.8, 4) is 0 Å². The summed E-state index contributed by atoms with van der Waals surface area (Å²) in [6, 6.07) is 6.03. The Bertz CT molecular complexity index is 1180. The first-order valence-electron chi connectivity index (χ1n) is 12.5. The molecule has 2 aromatic heterocycles. The van der Waals surface area contributed by atoms with E-state index >= 15 is 0 Å². The van der Waals surface area contributed by atoms with Crippen LogP contribution in [0.4, 0.5) is 24.9 Å². The van der Waals surface area contributed by atoms with E-state index in [1.165, 1.54) is 6.07 Å². The third kappa shape index (κ3) is 5.27. The number of hydrogen-bond donors (Lipinski definition) is 1. The van der Waals surface area contributed by atoms with Gasteiger partial charge in [-0.1, -0.05) is 12.1 Å². The quantitative estimate of drug-likeness (QED) is 0.537. The van der Waals surface area contributed by atoms with Crippen LogP contribution in [0.25, 0.3) is 11.2 Å². The van der Waals surface area contributed by atoms with Gasteiger partial charge in [0.25, 0.3) is 0 Å². The number of fused-ring (bicyclic) bond motifs is 1. The Morgan fingerprint density at radius 1 is 1.08 bits per heavy atom. The lowest BCUT2D eigenvalue weighted by atomic mass is 10.0. The molecule has 0 radical (unpaired) electrons. The first-order chi connectivity index (χ1) is 17.3. The van der Waals surface area contributed by atoms with Crippen molar-refractivity contribution >= 4 is 22.9 Å². The van der Waals surface area contributed by atoms with E-state index < -0.39 is 11.7 Å². The number of nitrogens with one attached hydrogen (secondary N) is 1. The Hall–Kier alpha value is -2.92. The van der Waals surface area contributed by atoms with Crippen molar-refractivity contribution in [3.63, 3.8) is 0 Å². The van der Waals surface area contributed by atoms with E-state index in [2.05, 4.69) is 33.9 Å². The van der Waals surface area contributed by atoms with Crippen LogP contribution >= 0.6 is 0 Å². The van der Waals surface area contributed by atoms with Gasteiger partial charge in [-0.2, -0.15) is 23.1 Å². The van der Waals surface area contributed by atoms with Crippen LogP contribution in [-0.4, -0.2) is 69.9 Å². The topological polar surface area (TPSA) is 71.3 Å². The molecule has 8 nitrogen and oxygen atoms in total. The van der Waals surface area contributed by atoms with Crippen molar-refractivity contribution in [1.29, 1.82) is 0 Å². The van der Waals surface area contributed by atoms with Crippen LogP contribution in [0.1, 0.15) is 43.9 Å². The molecule has 0 atom stereocenters.